The van der Waals surface area contributed by atoms with Crippen LogP contribution in [0.15, 0.2) is 55.1 Å². The standard InChI is InChI=1S/C18H19NO3/c1-2-3-8-17(20)19-16(18(21)22)12-13-9-10-14-6-4-5-7-15(14)11-13/h2,4-7,9-11,16H,1,3,8,12H2,(H,19,20)(H,21,22)/t16-/m0/s1. The van der Waals surface area contributed by atoms with Crippen LogP contribution in [0.1, 0.15) is 18.4 Å². The quantitative estimate of drug-likeness (QED) is 0.772. The molecule has 0 radical (unpaired) electrons. The van der Waals surface area contributed by atoms with Crippen LogP contribution < -0.4 is 5.32 Å². The van der Waals surface area contributed by atoms with Gasteiger partial charge in [-0.2, -0.15) is 0 Å². The molecule has 1 amide bonds. The average Bonchev–Trinajstić information content (AvgIpc) is 2.52. The lowest BCUT2D eigenvalue weighted by molar-refractivity contribution is -0.141. The molecule has 2 N–H and O–H groups in total. The van der Waals surface area contributed by atoms with Crippen molar-refractivity contribution in [3.8, 4) is 0 Å². The Morgan fingerprint density at radius 3 is 2.59 bits per heavy atom. The number of rotatable bonds is 7. The molecule has 0 unspecified atom stereocenters. The maximum absolute atomic E-state index is 11.7. The number of allylic oxidation sites excluding steroid dienone is 1. The van der Waals surface area contributed by atoms with Gasteiger partial charge in [-0.3, -0.25) is 4.79 Å². The van der Waals surface area contributed by atoms with E-state index in [-0.39, 0.29) is 18.7 Å². The molecule has 0 saturated heterocycles. The number of benzene rings is 2. The summed E-state index contributed by atoms with van der Waals surface area (Å²) in [6.07, 6.45) is 2.69. The average molecular weight is 297 g/mol. The fourth-order valence-electron chi connectivity index (χ4n) is 2.30. The number of carboxylic acids is 1. The van der Waals surface area contributed by atoms with Crippen molar-refractivity contribution in [2.24, 2.45) is 0 Å². The molecule has 114 valence electrons. The van der Waals surface area contributed by atoms with Crippen LogP contribution in [0.25, 0.3) is 10.8 Å². The van der Waals surface area contributed by atoms with E-state index in [9.17, 15) is 14.7 Å². The molecule has 0 bridgehead atoms. The number of hydrogen-bond donors (Lipinski definition) is 2. The van der Waals surface area contributed by atoms with Crippen LogP contribution in [0.2, 0.25) is 0 Å². The van der Waals surface area contributed by atoms with Crippen LogP contribution in [0, 0.1) is 0 Å². The topological polar surface area (TPSA) is 66.4 Å². The van der Waals surface area contributed by atoms with Crippen LogP contribution >= 0.6 is 0 Å². The fourth-order valence-corrected chi connectivity index (χ4v) is 2.30. The number of carboxylic acid groups (broad SMARTS) is 1. The maximum Gasteiger partial charge on any atom is 0.326 e. The molecule has 2 aromatic carbocycles. The third kappa shape index (κ3) is 4.19. The van der Waals surface area contributed by atoms with Gasteiger partial charge in [-0.05, 0) is 22.8 Å². The van der Waals surface area contributed by atoms with Gasteiger partial charge >= 0.3 is 5.97 Å². The minimum absolute atomic E-state index is 0.255. The van der Waals surface area contributed by atoms with Crippen LogP contribution in [-0.2, 0) is 16.0 Å². The Labute approximate surface area is 129 Å². The van der Waals surface area contributed by atoms with E-state index in [1.807, 2.05) is 42.5 Å². The molecule has 0 fully saturated rings. The molecule has 2 aromatic rings. The van der Waals surface area contributed by atoms with E-state index in [1.165, 1.54) is 0 Å². The Morgan fingerprint density at radius 2 is 1.91 bits per heavy atom. The SMILES string of the molecule is C=CCCC(=O)N[C@@H](Cc1ccc2ccccc2c1)C(=O)O. The van der Waals surface area contributed by atoms with Crippen molar-refractivity contribution in [3.63, 3.8) is 0 Å². The molecule has 0 aliphatic carbocycles. The van der Waals surface area contributed by atoms with E-state index in [2.05, 4.69) is 11.9 Å². The lowest BCUT2D eigenvalue weighted by Gasteiger charge is -2.15. The minimum atomic E-state index is -1.03. The van der Waals surface area contributed by atoms with E-state index >= 15 is 0 Å². The molecule has 2 rings (SSSR count). The smallest absolute Gasteiger partial charge is 0.326 e. The van der Waals surface area contributed by atoms with E-state index in [4.69, 9.17) is 0 Å². The van der Waals surface area contributed by atoms with E-state index in [0.717, 1.165) is 16.3 Å². The van der Waals surface area contributed by atoms with Crippen molar-refractivity contribution in [1.82, 2.24) is 5.32 Å². The van der Waals surface area contributed by atoms with Crippen LogP contribution in [0.3, 0.4) is 0 Å². The van der Waals surface area contributed by atoms with Crippen molar-refractivity contribution < 1.29 is 14.7 Å². The summed E-state index contributed by atoms with van der Waals surface area (Å²) in [4.78, 5) is 23.0. The first-order chi connectivity index (χ1) is 10.6. The second kappa shape index (κ2) is 7.41. The molecule has 4 nitrogen and oxygen atoms in total. The number of aliphatic carboxylic acids is 1. The van der Waals surface area contributed by atoms with Gasteiger partial charge < -0.3 is 10.4 Å². The van der Waals surface area contributed by atoms with Crippen molar-refractivity contribution in [2.75, 3.05) is 0 Å². The number of nitrogens with one attached hydrogen (secondary N) is 1. The fraction of sp³-hybridized carbons (Fsp3) is 0.222. The number of amides is 1. The van der Waals surface area contributed by atoms with Crippen LogP contribution in [-0.4, -0.2) is 23.0 Å². The molecule has 0 aliphatic rings. The lowest BCUT2D eigenvalue weighted by atomic mass is 10.0. The Balaban J connectivity index is 2.10. The van der Waals surface area contributed by atoms with Gasteiger partial charge in [-0.15, -0.1) is 6.58 Å². The molecule has 1 atom stereocenters. The first-order valence-corrected chi connectivity index (χ1v) is 7.21. The van der Waals surface area contributed by atoms with Gasteiger partial charge in [0.15, 0.2) is 0 Å². The summed E-state index contributed by atoms with van der Waals surface area (Å²) in [6.45, 7) is 3.55. The maximum atomic E-state index is 11.7. The van der Waals surface area contributed by atoms with Gasteiger partial charge in [0.2, 0.25) is 5.91 Å². The molecule has 4 heteroatoms. The van der Waals surface area contributed by atoms with E-state index in [0.29, 0.717) is 6.42 Å². The molecular formula is C18H19NO3. The summed E-state index contributed by atoms with van der Waals surface area (Å²) >= 11 is 0. The third-order valence-corrected chi connectivity index (χ3v) is 3.46. The largest absolute Gasteiger partial charge is 0.480 e. The predicted octanol–water partition coefficient (Wildman–Crippen LogP) is 2.92. The minimum Gasteiger partial charge on any atom is -0.480 e. The second-order valence-corrected chi connectivity index (χ2v) is 5.17. The van der Waals surface area contributed by atoms with Gasteiger partial charge in [-0.1, -0.05) is 48.5 Å². The number of hydrogen-bond acceptors (Lipinski definition) is 2. The second-order valence-electron chi connectivity index (χ2n) is 5.17. The Kier molecular flexibility index (Phi) is 5.31. The van der Waals surface area contributed by atoms with Crippen molar-refractivity contribution in [1.29, 1.82) is 0 Å². The summed E-state index contributed by atoms with van der Waals surface area (Å²) in [5.41, 5.74) is 0.884. The zero-order chi connectivity index (χ0) is 15.9. The van der Waals surface area contributed by atoms with Gasteiger partial charge in [-0.25, -0.2) is 4.79 Å². The summed E-state index contributed by atoms with van der Waals surface area (Å²) in [6, 6.07) is 12.8. The first-order valence-electron chi connectivity index (χ1n) is 7.21. The third-order valence-electron chi connectivity index (χ3n) is 3.46. The zero-order valence-electron chi connectivity index (χ0n) is 12.3. The van der Waals surface area contributed by atoms with Gasteiger partial charge in [0, 0.05) is 12.8 Å². The molecular weight excluding hydrogens is 278 g/mol. The molecule has 0 aromatic heterocycles. The summed E-state index contributed by atoms with van der Waals surface area (Å²) < 4.78 is 0. The normalized spacial score (nSPS) is 11.8. The van der Waals surface area contributed by atoms with Crippen LogP contribution in [0.4, 0.5) is 0 Å². The zero-order valence-corrected chi connectivity index (χ0v) is 12.3. The van der Waals surface area contributed by atoms with Gasteiger partial charge in [0.05, 0.1) is 0 Å². The summed E-state index contributed by atoms with van der Waals surface area (Å²) in [5.74, 6) is -1.30. The van der Waals surface area contributed by atoms with E-state index in [1.54, 1.807) is 6.08 Å². The van der Waals surface area contributed by atoms with E-state index < -0.39 is 12.0 Å². The first kappa shape index (κ1) is 15.8. The highest BCUT2D eigenvalue weighted by atomic mass is 16.4. The Hall–Kier alpha value is -2.62. The number of carbonyl (C=O) groups excluding carboxylic acids is 1. The van der Waals surface area contributed by atoms with Gasteiger partial charge in [0.25, 0.3) is 0 Å². The van der Waals surface area contributed by atoms with Crippen molar-refractivity contribution in [2.45, 2.75) is 25.3 Å². The molecule has 22 heavy (non-hydrogen) atoms. The highest BCUT2D eigenvalue weighted by molar-refractivity contribution is 5.85. The number of carbonyl (C=O) groups is 2. The monoisotopic (exact) mass is 297 g/mol. The molecule has 0 aliphatic heterocycles. The predicted molar refractivity (Wildman–Crippen MR) is 86.6 cm³/mol. The highest BCUT2D eigenvalue weighted by Gasteiger charge is 2.20. The van der Waals surface area contributed by atoms with Crippen molar-refractivity contribution in [3.05, 3.63) is 60.7 Å². The molecule has 0 heterocycles. The van der Waals surface area contributed by atoms with Crippen LogP contribution in [0.5, 0.6) is 0 Å². The molecule has 0 spiro atoms. The Morgan fingerprint density at radius 1 is 1.18 bits per heavy atom. The van der Waals surface area contributed by atoms with Crippen molar-refractivity contribution >= 4 is 22.6 Å². The lowest BCUT2D eigenvalue weighted by Crippen LogP contribution is -2.42. The summed E-state index contributed by atoms with van der Waals surface area (Å²) in [5, 5.41) is 14.0. The highest BCUT2D eigenvalue weighted by Crippen LogP contribution is 2.16. The number of fused-ring (bicyclic) bond motifs is 1. The van der Waals surface area contributed by atoms with Gasteiger partial charge in [0.1, 0.15) is 6.04 Å². The molecule has 0 saturated carbocycles. The summed E-state index contributed by atoms with van der Waals surface area (Å²) in [7, 11) is 0. The Bertz CT molecular complexity index is 694.